The Bertz CT molecular complexity index is 1600. The molecule has 0 spiro atoms. The zero-order chi connectivity index (χ0) is 27.7. The number of carbonyl (C=O) groups excluding carboxylic acids is 2. The number of para-hydroxylation sites is 1. The number of aromatic amines is 1. The standard InChI is InChI=1S/C30H27FN6O3/c31-24-12-10-21(11-13-24)17-37-18-23(26-8-4-5-9-28(26)37)15-34-36-29(38)27(14-25-16-32-20-33-25)35-30(39)40-19-22-6-2-1-3-7-22/h1-13,15-16,18,20,27H,14,17,19H2,(H,32,33)(H,35,39)(H,36,38)/b34-15-/t27-/m1/s1. The van der Waals surface area contributed by atoms with E-state index >= 15 is 0 Å². The molecule has 5 aromatic rings. The van der Waals surface area contributed by atoms with Gasteiger partial charge in [0.2, 0.25) is 0 Å². The first-order valence-electron chi connectivity index (χ1n) is 12.6. The Labute approximate surface area is 229 Å². The molecule has 2 aromatic heterocycles. The Hall–Kier alpha value is -5.25. The van der Waals surface area contributed by atoms with Crippen LogP contribution in [0.4, 0.5) is 9.18 Å². The lowest BCUT2D eigenvalue weighted by Gasteiger charge is -2.16. The van der Waals surface area contributed by atoms with Crippen LogP contribution in [0, 0.1) is 5.82 Å². The summed E-state index contributed by atoms with van der Waals surface area (Å²) in [6.45, 7) is 0.619. The maximum atomic E-state index is 13.3. The van der Waals surface area contributed by atoms with Gasteiger partial charge in [0.15, 0.2) is 0 Å². The van der Waals surface area contributed by atoms with Crippen molar-refractivity contribution >= 4 is 29.1 Å². The number of carbonyl (C=O) groups is 2. The summed E-state index contributed by atoms with van der Waals surface area (Å²) in [6.07, 6.45) is 6.00. The Kier molecular flexibility index (Phi) is 8.26. The summed E-state index contributed by atoms with van der Waals surface area (Å²) in [5.74, 6) is -0.799. The molecule has 0 aliphatic heterocycles. The van der Waals surface area contributed by atoms with E-state index in [-0.39, 0.29) is 18.8 Å². The Morgan fingerprint density at radius 1 is 1.02 bits per heavy atom. The first-order valence-corrected chi connectivity index (χ1v) is 12.6. The number of nitrogens with zero attached hydrogens (tertiary/aromatic N) is 3. The van der Waals surface area contributed by atoms with Crippen molar-refractivity contribution in [3.8, 4) is 0 Å². The van der Waals surface area contributed by atoms with Gasteiger partial charge in [0.05, 0.1) is 12.5 Å². The molecule has 9 nitrogen and oxygen atoms in total. The molecule has 2 heterocycles. The lowest BCUT2D eigenvalue weighted by Crippen LogP contribution is -2.47. The monoisotopic (exact) mass is 538 g/mol. The van der Waals surface area contributed by atoms with Crippen molar-refractivity contribution in [1.29, 1.82) is 0 Å². The Morgan fingerprint density at radius 3 is 2.58 bits per heavy atom. The molecule has 0 saturated heterocycles. The number of aromatic nitrogens is 3. The van der Waals surface area contributed by atoms with Crippen LogP contribution < -0.4 is 10.7 Å². The van der Waals surface area contributed by atoms with Crippen molar-refractivity contribution in [2.24, 2.45) is 5.10 Å². The number of hydrazone groups is 1. The molecule has 3 aromatic carbocycles. The number of rotatable bonds is 10. The highest BCUT2D eigenvalue weighted by Gasteiger charge is 2.22. The van der Waals surface area contributed by atoms with E-state index in [1.807, 2.05) is 65.4 Å². The molecule has 0 bridgehead atoms. The number of fused-ring (bicyclic) bond motifs is 1. The zero-order valence-corrected chi connectivity index (χ0v) is 21.5. The third-order valence-electron chi connectivity index (χ3n) is 6.26. The minimum atomic E-state index is -0.958. The topological polar surface area (TPSA) is 113 Å². The number of halogens is 1. The van der Waals surface area contributed by atoms with Gasteiger partial charge >= 0.3 is 6.09 Å². The van der Waals surface area contributed by atoms with Gasteiger partial charge in [0, 0.05) is 47.5 Å². The summed E-state index contributed by atoms with van der Waals surface area (Å²) in [4.78, 5) is 32.4. The first-order chi connectivity index (χ1) is 19.5. The molecule has 202 valence electrons. The highest BCUT2D eigenvalue weighted by atomic mass is 19.1. The molecule has 2 amide bonds. The van der Waals surface area contributed by atoms with Crippen LogP contribution in [0.15, 0.2) is 103 Å². The SMILES string of the molecule is O=C(N[C@H](Cc1cnc[nH]1)C(=O)N/N=C\c1cn(Cc2ccc(F)cc2)c2ccccc12)OCc1ccccc1. The Morgan fingerprint density at radius 2 is 1.80 bits per heavy atom. The van der Waals surface area contributed by atoms with Gasteiger partial charge < -0.3 is 19.6 Å². The predicted molar refractivity (Wildman–Crippen MR) is 149 cm³/mol. The van der Waals surface area contributed by atoms with Gasteiger partial charge in [-0.2, -0.15) is 5.10 Å². The van der Waals surface area contributed by atoms with Gasteiger partial charge in [-0.3, -0.25) is 4.79 Å². The van der Waals surface area contributed by atoms with Crippen LogP contribution in [0.5, 0.6) is 0 Å². The zero-order valence-electron chi connectivity index (χ0n) is 21.5. The van der Waals surface area contributed by atoms with Crippen molar-refractivity contribution < 1.29 is 18.7 Å². The molecule has 0 aliphatic rings. The summed E-state index contributed by atoms with van der Waals surface area (Å²) in [6, 6.07) is 22.5. The Balaban J connectivity index is 1.27. The highest BCUT2D eigenvalue weighted by molar-refractivity contribution is 6.00. The van der Waals surface area contributed by atoms with E-state index in [2.05, 4.69) is 25.8 Å². The summed E-state index contributed by atoms with van der Waals surface area (Å²) < 4.78 is 20.7. The van der Waals surface area contributed by atoms with Gasteiger partial charge in [-0.15, -0.1) is 0 Å². The average molecular weight is 539 g/mol. The van der Waals surface area contributed by atoms with Crippen molar-refractivity contribution in [2.75, 3.05) is 0 Å². The smallest absolute Gasteiger partial charge is 0.408 e. The molecular formula is C30H27FN6O3. The van der Waals surface area contributed by atoms with E-state index in [0.29, 0.717) is 12.2 Å². The summed E-state index contributed by atoms with van der Waals surface area (Å²) in [5.41, 5.74) is 6.73. The summed E-state index contributed by atoms with van der Waals surface area (Å²) in [5, 5.41) is 7.73. The molecule has 0 fully saturated rings. The van der Waals surface area contributed by atoms with Gasteiger partial charge in [0.1, 0.15) is 18.5 Å². The number of imidazole rings is 1. The fraction of sp³-hybridized carbons (Fsp3) is 0.133. The van der Waals surface area contributed by atoms with E-state index in [1.165, 1.54) is 18.5 Å². The number of benzene rings is 3. The molecule has 0 aliphatic carbocycles. The lowest BCUT2D eigenvalue weighted by atomic mass is 10.1. The van der Waals surface area contributed by atoms with Crippen LogP contribution in [0.2, 0.25) is 0 Å². The third-order valence-corrected chi connectivity index (χ3v) is 6.26. The van der Waals surface area contributed by atoms with Crippen LogP contribution in [0.1, 0.15) is 22.4 Å². The quantitative estimate of drug-likeness (QED) is 0.179. The van der Waals surface area contributed by atoms with Crippen LogP contribution in [0.3, 0.4) is 0 Å². The van der Waals surface area contributed by atoms with Crippen molar-refractivity contribution in [3.63, 3.8) is 0 Å². The number of hydrogen-bond acceptors (Lipinski definition) is 5. The summed E-state index contributed by atoms with van der Waals surface area (Å²) >= 11 is 0. The third kappa shape index (κ3) is 6.79. The molecule has 0 unspecified atom stereocenters. The first kappa shape index (κ1) is 26.4. The molecule has 0 saturated carbocycles. The van der Waals surface area contributed by atoms with Gasteiger partial charge in [-0.1, -0.05) is 60.7 Å². The summed E-state index contributed by atoms with van der Waals surface area (Å²) in [7, 11) is 0. The van der Waals surface area contributed by atoms with Gasteiger partial charge in [-0.05, 0) is 29.3 Å². The maximum Gasteiger partial charge on any atom is 0.408 e. The maximum absolute atomic E-state index is 13.3. The number of nitrogens with one attached hydrogen (secondary N) is 3. The largest absolute Gasteiger partial charge is 0.445 e. The average Bonchev–Trinajstić information content (AvgIpc) is 3.61. The fourth-order valence-electron chi connectivity index (χ4n) is 4.27. The molecule has 0 radical (unpaired) electrons. The van der Waals surface area contributed by atoms with Crippen LogP contribution in [0.25, 0.3) is 10.9 Å². The van der Waals surface area contributed by atoms with E-state index in [0.717, 1.165) is 27.6 Å². The molecular weight excluding hydrogens is 511 g/mol. The number of H-pyrrole nitrogens is 1. The normalized spacial score (nSPS) is 11.9. The van der Waals surface area contributed by atoms with E-state index in [4.69, 9.17) is 4.74 Å². The van der Waals surface area contributed by atoms with Gasteiger partial charge in [0.25, 0.3) is 5.91 Å². The predicted octanol–water partition coefficient (Wildman–Crippen LogP) is 4.54. The second-order valence-electron chi connectivity index (χ2n) is 9.13. The number of alkyl carbamates (subject to hydrolysis) is 1. The highest BCUT2D eigenvalue weighted by Crippen LogP contribution is 2.21. The number of ether oxygens (including phenoxy) is 1. The minimum absolute atomic E-state index is 0.0746. The van der Waals surface area contributed by atoms with Crippen molar-refractivity contribution in [3.05, 3.63) is 126 Å². The molecule has 5 rings (SSSR count). The van der Waals surface area contributed by atoms with E-state index in [9.17, 15) is 14.0 Å². The van der Waals surface area contributed by atoms with Crippen molar-refractivity contribution in [1.82, 2.24) is 25.3 Å². The molecule has 10 heteroatoms. The molecule has 40 heavy (non-hydrogen) atoms. The van der Waals surface area contributed by atoms with E-state index < -0.39 is 18.0 Å². The van der Waals surface area contributed by atoms with Crippen LogP contribution >= 0.6 is 0 Å². The molecule has 3 N–H and O–H groups in total. The van der Waals surface area contributed by atoms with Crippen LogP contribution in [-0.2, 0) is 29.1 Å². The second kappa shape index (κ2) is 12.5. The number of amides is 2. The lowest BCUT2D eigenvalue weighted by molar-refractivity contribution is -0.123. The van der Waals surface area contributed by atoms with E-state index in [1.54, 1.807) is 24.5 Å². The molecule has 1 atom stereocenters. The van der Waals surface area contributed by atoms with Crippen LogP contribution in [-0.4, -0.2) is 38.8 Å². The van der Waals surface area contributed by atoms with Gasteiger partial charge in [-0.25, -0.2) is 19.6 Å². The fourth-order valence-corrected chi connectivity index (χ4v) is 4.27. The van der Waals surface area contributed by atoms with Crippen molar-refractivity contribution in [2.45, 2.75) is 25.6 Å². The second-order valence-corrected chi connectivity index (χ2v) is 9.13. The minimum Gasteiger partial charge on any atom is -0.445 e. The number of hydrogen-bond donors (Lipinski definition) is 3.